The third-order valence-electron chi connectivity index (χ3n) is 4.75. The van der Waals surface area contributed by atoms with Crippen LogP contribution in [-0.2, 0) is 0 Å². The zero-order valence-corrected chi connectivity index (χ0v) is 12.4. The molecule has 2 nitrogen and oxygen atoms in total. The van der Waals surface area contributed by atoms with Crippen LogP contribution in [0.4, 0.5) is 0 Å². The second-order valence-electron chi connectivity index (χ2n) is 6.05. The SMILES string of the molecule is CC1CCC(C(O)c2cnc3ccsc3c2)CC1C. The fourth-order valence-corrected chi connectivity index (χ4v) is 3.96. The van der Waals surface area contributed by atoms with Gasteiger partial charge in [-0.05, 0) is 48.1 Å². The number of pyridine rings is 1. The Balaban J connectivity index is 1.80. The molecule has 0 bridgehead atoms. The molecule has 0 radical (unpaired) electrons. The first-order valence-corrected chi connectivity index (χ1v) is 8.04. The summed E-state index contributed by atoms with van der Waals surface area (Å²) in [5, 5.41) is 12.7. The molecule has 3 rings (SSSR count). The van der Waals surface area contributed by atoms with Crippen LogP contribution in [0.25, 0.3) is 10.2 Å². The zero-order chi connectivity index (χ0) is 13.4. The van der Waals surface area contributed by atoms with Crippen molar-refractivity contribution in [1.29, 1.82) is 0 Å². The minimum Gasteiger partial charge on any atom is -0.388 e. The summed E-state index contributed by atoms with van der Waals surface area (Å²) in [7, 11) is 0. The Labute approximate surface area is 118 Å². The van der Waals surface area contributed by atoms with E-state index in [1.54, 1.807) is 11.3 Å². The number of aliphatic hydroxyl groups excluding tert-OH is 1. The maximum atomic E-state index is 10.6. The van der Waals surface area contributed by atoms with Gasteiger partial charge in [-0.1, -0.05) is 20.3 Å². The number of hydrogen-bond acceptors (Lipinski definition) is 3. The molecule has 0 aromatic carbocycles. The largest absolute Gasteiger partial charge is 0.388 e. The molecule has 2 aromatic heterocycles. The normalized spacial score (nSPS) is 29.5. The van der Waals surface area contributed by atoms with Gasteiger partial charge in [-0.3, -0.25) is 4.98 Å². The minimum atomic E-state index is -0.353. The van der Waals surface area contributed by atoms with Gasteiger partial charge in [0.25, 0.3) is 0 Å². The molecule has 4 unspecified atom stereocenters. The zero-order valence-electron chi connectivity index (χ0n) is 11.5. The summed E-state index contributed by atoms with van der Waals surface area (Å²) in [6.07, 6.45) is 4.99. The Morgan fingerprint density at radius 3 is 2.95 bits per heavy atom. The summed E-state index contributed by atoms with van der Waals surface area (Å²) in [6, 6.07) is 4.14. The first kappa shape index (κ1) is 13.1. The van der Waals surface area contributed by atoms with Crippen LogP contribution in [0, 0.1) is 17.8 Å². The van der Waals surface area contributed by atoms with Crippen molar-refractivity contribution in [1.82, 2.24) is 4.98 Å². The van der Waals surface area contributed by atoms with Crippen molar-refractivity contribution in [3.05, 3.63) is 29.3 Å². The Hall–Kier alpha value is -0.930. The van der Waals surface area contributed by atoms with E-state index < -0.39 is 0 Å². The topological polar surface area (TPSA) is 33.1 Å². The van der Waals surface area contributed by atoms with Crippen LogP contribution >= 0.6 is 11.3 Å². The Bertz CT molecular complexity index is 565. The fourth-order valence-electron chi connectivity index (χ4n) is 3.17. The van der Waals surface area contributed by atoms with E-state index in [0.29, 0.717) is 11.8 Å². The Morgan fingerprint density at radius 2 is 2.16 bits per heavy atom. The van der Waals surface area contributed by atoms with E-state index in [4.69, 9.17) is 0 Å². The summed E-state index contributed by atoms with van der Waals surface area (Å²) in [6.45, 7) is 4.64. The first-order chi connectivity index (χ1) is 9.15. The van der Waals surface area contributed by atoms with Crippen LogP contribution in [-0.4, -0.2) is 10.1 Å². The van der Waals surface area contributed by atoms with Crippen molar-refractivity contribution in [2.75, 3.05) is 0 Å². The molecule has 0 aliphatic heterocycles. The molecule has 1 fully saturated rings. The Kier molecular flexibility index (Phi) is 3.59. The third kappa shape index (κ3) is 2.54. The van der Waals surface area contributed by atoms with Gasteiger partial charge in [-0.2, -0.15) is 0 Å². The molecule has 2 aromatic rings. The molecule has 0 amide bonds. The average Bonchev–Trinajstić information content (AvgIpc) is 2.88. The van der Waals surface area contributed by atoms with Gasteiger partial charge in [0.2, 0.25) is 0 Å². The Morgan fingerprint density at radius 1 is 1.32 bits per heavy atom. The quantitative estimate of drug-likeness (QED) is 0.881. The van der Waals surface area contributed by atoms with E-state index in [1.807, 2.05) is 12.3 Å². The van der Waals surface area contributed by atoms with Crippen molar-refractivity contribution >= 4 is 21.6 Å². The highest BCUT2D eigenvalue weighted by Gasteiger charge is 2.30. The van der Waals surface area contributed by atoms with Crippen molar-refractivity contribution < 1.29 is 5.11 Å². The van der Waals surface area contributed by atoms with E-state index in [9.17, 15) is 5.11 Å². The van der Waals surface area contributed by atoms with Crippen molar-refractivity contribution in [2.45, 2.75) is 39.2 Å². The monoisotopic (exact) mass is 275 g/mol. The smallest absolute Gasteiger partial charge is 0.0833 e. The van der Waals surface area contributed by atoms with Crippen molar-refractivity contribution in [3.63, 3.8) is 0 Å². The molecule has 0 spiro atoms. The van der Waals surface area contributed by atoms with Gasteiger partial charge in [-0.15, -0.1) is 11.3 Å². The standard InChI is InChI=1S/C16H21NOS/c1-10-3-4-12(7-11(10)2)16(18)13-8-15-14(17-9-13)5-6-19-15/h5-6,8-12,16,18H,3-4,7H2,1-2H3. The molecule has 1 saturated carbocycles. The third-order valence-corrected chi connectivity index (χ3v) is 5.60. The highest BCUT2D eigenvalue weighted by Crippen LogP contribution is 2.40. The number of nitrogens with zero attached hydrogens (tertiary/aromatic N) is 1. The molecule has 1 aliphatic rings. The minimum absolute atomic E-state index is 0.353. The summed E-state index contributed by atoms with van der Waals surface area (Å²) in [5.74, 6) is 1.90. The van der Waals surface area contributed by atoms with E-state index in [-0.39, 0.29) is 6.10 Å². The lowest BCUT2D eigenvalue weighted by molar-refractivity contribution is 0.0560. The van der Waals surface area contributed by atoms with Crippen molar-refractivity contribution in [3.8, 4) is 0 Å². The maximum absolute atomic E-state index is 10.6. The van der Waals surface area contributed by atoms with Crippen molar-refractivity contribution in [2.24, 2.45) is 17.8 Å². The highest BCUT2D eigenvalue weighted by molar-refractivity contribution is 7.17. The molecule has 3 heteroatoms. The van der Waals surface area contributed by atoms with E-state index in [1.165, 1.54) is 11.1 Å². The van der Waals surface area contributed by atoms with Crippen LogP contribution < -0.4 is 0 Å². The van der Waals surface area contributed by atoms with E-state index >= 15 is 0 Å². The second kappa shape index (κ2) is 5.22. The second-order valence-corrected chi connectivity index (χ2v) is 6.99. The number of aromatic nitrogens is 1. The molecule has 1 N–H and O–H groups in total. The predicted molar refractivity (Wildman–Crippen MR) is 80.2 cm³/mol. The van der Waals surface area contributed by atoms with Gasteiger partial charge in [0.05, 0.1) is 16.3 Å². The molecule has 2 heterocycles. The van der Waals surface area contributed by atoms with Gasteiger partial charge in [0, 0.05) is 11.8 Å². The number of hydrogen-bond donors (Lipinski definition) is 1. The van der Waals surface area contributed by atoms with Gasteiger partial charge in [0.15, 0.2) is 0 Å². The lowest BCUT2D eigenvalue weighted by Gasteiger charge is -2.34. The molecule has 4 atom stereocenters. The van der Waals surface area contributed by atoms with Crippen LogP contribution in [0.3, 0.4) is 0 Å². The molecule has 19 heavy (non-hydrogen) atoms. The number of thiophene rings is 1. The van der Waals surface area contributed by atoms with E-state index in [0.717, 1.165) is 29.8 Å². The number of rotatable bonds is 2. The average molecular weight is 275 g/mol. The summed E-state index contributed by atoms with van der Waals surface area (Å²) in [4.78, 5) is 4.44. The summed E-state index contributed by atoms with van der Waals surface area (Å²) < 4.78 is 1.17. The maximum Gasteiger partial charge on any atom is 0.0833 e. The van der Waals surface area contributed by atoms with Gasteiger partial charge >= 0.3 is 0 Å². The molecular weight excluding hydrogens is 254 g/mol. The van der Waals surface area contributed by atoms with Crippen LogP contribution in [0.5, 0.6) is 0 Å². The first-order valence-electron chi connectivity index (χ1n) is 7.16. The molecular formula is C16H21NOS. The molecule has 1 aliphatic carbocycles. The number of fused-ring (bicyclic) bond motifs is 1. The van der Waals surface area contributed by atoms with E-state index in [2.05, 4.69) is 30.3 Å². The predicted octanol–water partition coefficient (Wildman–Crippen LogP) is 4.40. The summed E-state index contributed by atoms with van der Waals surface area (Å²) in [5.41, 5.74) is 2.02. The number of aliphatic hydroxyl groups is 1. The molecule has 102 valence electrons. The van der Waals surface area contributed by atoms with Crippen LogP contribution in [0.15, 0.2) is 23.7 Å². The fraction of sp³-hybridized carbons (Fsp3) is 0.562. The van der Waals surface area contributed by atoms with Crippen LogP contribution in [0.1, 0.15) is 44.8 Å². The van der Waals surface area contributed by atoms with Crippen LogP contribution in [0.2, 0.25) is 0 Å². The summed E-state index contributed by atoms with van der Waals surface area (Å²) >= 11 is 1.69. The van der Waals surface area contributed by atoms with Gasteiger partial charge in [0.1, 0.15) is 0 Å². The van der Waals surface area contributed by atoms with Gasteiger partial charge in [-0.25, -0.2) is 0 Å². The van der Waals surface area contributed by atoms with Gasteiger partial charge < -0.3 is 5.11 Å². The lowest BCUT2D eigenvalue weighted by atomic mass is 9.73. The molecule has 0 saturated heterocycles. The highest BCUT2D eigenvalue weighted by atomic mass is 32.1. The lowest BCUT2D eigenvalue weighted by Crippen LogP contribution is -2.25.